The number of carboxylic acid groups (broad SMARTS) is 1. The number of hydrogen-bond donors (Lipinski definition) is 3. The molecule has 1 rings (SSSR count). The second-order valence-electron chi connectivity index (χ2n) is 4.82. The van der Waals surface area contributed by atoms with Crippen LogP contribution < -0.4 is 10.6 Å². The van der Waals surface area contributed by atoms with Crippen molar-refractivity contribution in [1.82, 2.24) is 10.6 Å². The number of carbonyl (C=O) groups excluding carboxylic acids is 1. The summed E-state index contributed by atoms with van der Waals surface area (Å²) in [6, 6.07) is -0.750. The van der Waals surface area contributed by atoms with Crippen LogP contribution >= 0.6 is 0 Å². The van der Waals surface area contributed by atoms with Gasteiger partial charge < -0.3 is 15.7 Å². The summed E-state index contributed by atoms with van der Waals surface area (Å²) in [5, 5.41) is 14.6. The summed E-state index contributed by atoms with van der Waals surface area (Å²) >= 11 is 0. The van der Waals surface area contributed by atoms with Gasteiger partial charge in [0.15, 0.2) is 0 Å². The van der Waals surface area contributed by atoms with Gasteiger partial charge in [-0.05, 0) is 31.3 Å². The highest BCUT2D eigenvalue weighted by molar-refractivity contribution is 5.83. The maximum Gasteiger partial charge on any atom is 0.326 e. The molecule has 5 heteroatoms. The molecule has 0 unspecified atom stereocenters. The van der Waals surface area contributed by atoms with Gasteiger partial charge in [0.1, 0.15) is 6.04 Å². The Bertz CT molecular complexity index is 262. The van der Waals surface area contributed by atoms with Crippen LogP contribution in [0.4, 0.5) is 0 Å². The fourth-order valence-electron chi connectivity index (χ4n) is 1.70. The zero-order chi connectivity index (χ0) is 12.1. The van der Waals surface area contributed by atoms with Crippen LogP contribution in [0.5, 0.6) is 0 Å². The summed E-state index contributed by atoms with van der Waals surface area (Å²) in [6.07, 6.45) is 0.902. The van der Waals surface area contributed by atoms with Crippen LogP contribution in [0.2, 0.25) is 0 Å². The molecule has 3 N–H and O–H groups in total. The van der Waals surface area contributed by atoms with Crippen LogP contribution in [0.25, 0.3) is 0 Å². The Morgan fingerprint density at radius 3 is 2.44 bits per heavy atom. The molecular formula is C11H20N2O3. The van der Waals surface area contributed by atoms with Crippen LogP contribution in [0.1, 0.15) is 26.7 Å². The Hall–Kier alpha value is -1.10. The second-order valence-corrected chi connectivity index (χ2v) is 4.82. The van der Waals surface area contributed by atoms with E-state index in [0.717, 1.165) is 13.1 Å². The zero-order valence-corrected chi connectivity index (χ0v) is 9.82. The lowest BCUT2D eigenvalue weighted by molar-refractivity contribution is -0.142. The molecule has 5 nitrogen and oxygen atoms in total. The van der Waals surface area contributed by atoms with E-state index in [9.17, 15) is 9.59 Å². The molecule has 0 aromatic carbocycles. The number of carbonyl (C=O) groups is 2. The van der Waals surface area contributed by atoms with E-state index in [1.807, 2.05) is 13.8 Å². The lowest BCUT2D eigenvalue weighted by Crippen LogP contribution is -2.47. The fraction of sp³-hybridized carbons (Fsp3) is 0.818. The van der Waals surface area contributed by atoms with E-state index in [0.29, 0.717) is 18.8 Å². The van der Waals surface area contributed by atoms with Crippen molar-refractivity contribution < 1.29 is 14.7 Å². The summed E-state index contributed by atoms with van der Waals surface area (Å²) in [6.45, 7) is 5.60. The molecule has 92 valence electrons. The highest BCUT2D eigenvalue weighted by Gasteiger charge is 2.24. The average Bonchev–Trinajstić information content (AvgIpc) is 2.09. The van der Waals surface area contributed by atoms with Crippen molar-refractivity contribution in [1.29, 1.82) is 0 Å². The molecular weight excluding hydrogens is 208 g/mol. The lowest BCUT2D eigenvalue weighted by atomic mass is 9.98. The van der Waals surface area contributed by atoms with E-state index in [2.05, 4.69) is 10.6 Å². The van der Waals surface area contributed by atoms with E-state index in [-0.39, 0.29) is 11.8 Å². The maximum atomic E-state index is 11.5. The summed E-state index contributed by atoms with van der Waals surface area (Å²) < 4.78 is 0. The molecule has 1 heterocycles. The van der Waals surface area contributed by atoms with Gasteiger partial charge in [0.05, 0.1) is 0 Å². The van der Waals surface area contributed by atoms with E-state index in [1.54, 1.807) is 0 Å². The van der Waals surface area contributed by atoms with Crippen molar-refractivity contribution in [2.24, 2.45) is 11.8 Å². The largest absolute Gasteiger partial charge is 0.480 e. The Morgan fingerprint density at radius 1 is 1.44 bits per heavy atom. The molecule has 0 aromatic rings. The topological polar surface area (TPSA) is 78.4 Å². The van der Waals surface area contributed by atoms with Gasteiger partial charge in [-0.15, -0.1) is 0 Å². The molecule has 1 aliphatic rings. The SMILES string of the molecule is CC(C)C[C@H](NC(=O)CC1CNC1)C(=O)O. The Balaban J connectivity index is 2.34. The minimum atomic E-state index is -0.950. The summed E-state index contributed by atoms with van der Waals surface area (Å²) in [7, 11) is 0. The average molecular weight is 228 g/mol. The van der Waals surface area contributed by atoms with Crippen LogP contribution in [0.15, 0.2) is 0 Å². The van der Waals surface area contributed by atoms with Crippen molar-refractivity contribution >= 4 is 11.9 Å². The Kier molecular flexibility index (Phi) is 4.73. The quantitative estimate of drug-likeness (QED) is 0.607. The number of amides is 1. The molecule has 1 fully saturated rings. The monoisotopic (exact) mass is 228 g/mol. The summed E-state index contributed by atoms with van der Waals surface area (Å²) in [5.41, 5.74) is 0. The molecule has 1 aliphatic heterocycles. The third-order valence-electron chi connectivity index (χ3n) is 2.68. The van der Waals surface area contributed by atoms with Crippen LogP contribution in [-0.4, -0.2) is 36.1 Å². The van der Waals surface area contributed by atoms with Gasteiger partial charge in [-0.25, -0.2) is 4.79 Å². The molecule has 0 bridgehead atoms. The maximum absolute atomic E-state index is 11.5. The fourth-order valence-corrected chi connectivity index (χ4v) is 1.70. The van der Waals surface area contributed by atoms with E-state index in [1.165, 1.54) is 0 Å². The van der Waals surface area contributed by atoms with Gasteiger partial charge >= 0.3 is 5.97 Å². The summed E-state index contributed by atoms with van der Waals surface area (Å²) in [5.74, 6) is -0.478. The van der Waals surface area contributed by atoms with Crippen molar-refractivity contribution in [3.63, 3.8) is 0 Å². The molecule has 1 atom stereocenters. The Labute approximate surface area is 95.6 Å². The van der Waals surface area contributed by atoms with Gasteiger partial charge in [-0.2, -0.15) is 0 Å². The highest BCUT2D eigenvalue weighted by Crippen LogP contribution is 2.09. The smallest absolute Gasteiger partial charge is 0.326 e. The molecule has 1 amide bonds. The van der Waals surface area contributed by atoms with E-state index in [4.69, 9.17) is 5.11 Å². The van der Waals surface area contributed by atoms with Gasteiger partial charge in [0.25, 0.3) is 0 Å². The molecule has 0 aromatic heterocycles. The molecule has 1 saturated heterocycles. The predicted molar refractivity (Wildman–Crippen MR) is 60.0 cm³/mol. The first kappa shape index (κ1) is 13.0. The minimum absolute atomic E-state index is 0.153. The van der Waals surface area contributed by atoms with Gasteiger partial charge in [-0.1, -0.05) is 13.8 Å². The minimum Gasteiger partial charge on any atom is -0.480 e. The van der Waals surface area contributed by atoms with E-state index >= 15 is 0 Å². The number of aliphatic carboxylic acids is 1. The molecule has 16 heavy (non-hydrogen) atoms. The second kappa shape index (κ2) is 5.84. The first-order chi connectivity index (χ1) is 7.49. The van der Waals surface area contributed by atoms with Crippen molar-refractivity contribution in [2.75, 3.05) is 13.1 Å². The number of rotatable bonds is 6. The first-order valence-corrected chi connectivity index (χ1v) is 5.72. The molecule has 0 aliphatic carbocycles. The predicted octanol–water partition coefficient (Wildman–Crippen LogP) is 0.211. The van der Waals surface area contributed by atoms with Crippen LogP contribution in [0, 0.1) is 11.8 Å². The lowest BCUT2D eigenvalue weighted by Gasteiger charge is -2.27. The van der Waals surface area contributed by atoms with Crippen molar-refractivity contribution in [3.8, 4) is 0 Å². The van der Waals surface area contributed by atoms with Crippen LogP contribution in [-0.2, 0) is 9.59 Å². The van der Waals surface area contributed by atoms with Crippen molar-refractivity contribution in [2.45, 2.75) is 32.7 Å². The zero-order valence-electron chi connectivity index (χ0n) is 9.82. The third kappa shape index (κ3) is 4.18. The summed E-state index contributed by atoms with van der Waals surface area (Å²) in [4.78, 5) is 22.5. The van der Waals surface area contributed by atoms with Gasteiger partial charge in [0, 0.05) is 6.42 Å². The highest BCUT2D eigenvalue weighted by atomic mass is 16.4. The number of nitrogens with one attached hydrogen (secondary N) is 2. The van der Waals surface area contributed by atoms with Gasteiger partial charge in [0.2, 0.25) is 5.91 Å². The Morgan fingerprint density at radius 2 is 2.06 bits per heavy atom. The number of carboxylic acids is 1. The van der Waals surface area contributed by atoms with Gasteiger partial charge in [-0.3, -0.25) is 4.79 Å². The molecule has 0 radical (unpaired) electrons. The number of hydrogen-bond acceptors (Lipinski definition) is 3. The standard InChI is InChI=1S/C11H20N2O3/c1-7(2)3-9(11(15)16)13-10(14)4-8-5-12-6-8/h7-9,12H,3-6H2,1-2H3,(H,13,14)(H,15,16)/t9-/m0/s1. The molecule has 0 spiro atoms. The van der Waals surface area contributed by atoms with E-state index < -0.39 is 12.0 Å². The van der Waals surface area contributed by atoms with Crippen molar-refractivity contribution in [3.05, 3.63) is 0 Å². The first-order valence-electron chi connectivity index (χ1n) is 5.72. The normalized spacial score (nSPS) is 17.9. The van der Waals surface area contributed by atoms with Crippen LogP contribution in [0.3, 0.4) is 0 Å². The molecule has 0 saturated carbocycles. The third-order valence-corrected chi connectivity index (χ3v) is 2.68.